The number of ether oxygens (including phenoxy) is 2. The number of hydrogen-bond acceptors (Lipinski definition) is 3. The molecule has 0 spiro atoms. The Morgan fingerprint density at radius 1 is 0.875 bits per heavy atom. The second-order valence-corrected chi connectivity index (χ2v) is 6.31. The average molecular weight is 336 g/mol. The van der Waals surface area contributed by atoms with Crippen LogP contribution in [-0.2, 0) is 11.2 Å². The van der Waals surface area contributed by atoms with Crippen molar-refractivity contribution in [2.75, 3.05) is 13.2 Å². The van der Waals surface area contributed by atoms with Crippen molar-refractivity contribution in [3.63, 3.8) is 0 Å². The molecule has 0 aliphatic carbocycles. The monoisotopic (exact) mass is 336 g/mol. The quantitative estimate of drug-likeness (QED) is 0.579. The molecule has 0 unspecified atom stereocenters. The number of rotatable bonds is 11. The molecular weight excluding hydrogens is 304 g/mol. The Kier molecular flexibility index (Phi) is 8.66. The van der Waals surface area contributed by atoms with Crippen LogP contribution in [0.4, 0.5) is 0 Å². The largest absolute Gasteiger partial charge is 0.493 e. The smallest absolute Gasteiger partial charge is 0.341 e. The van der Waals surface area contributed by atoms with Crippen LogP contribution in [0.3, 0.4) is 0 Å². The second-order valence-electron chi connectivity index (χ2n) is 6.31. The normalized spacial score (nSPS) is 10.7. The first-order chi connectivity index (χ1) is 11.4. The first-order valence-corrected chi connectivity index (χ1v) is 9.03. The van der Waals surface area contributed by atoms with Crippen molar-refractivity contribution in [3.8, 4) is 11.5 Å². The zero-order chi connectivity index (χ0) is 18.1. The molecule has 1 aromatic rings. The Bertz CT molecular complexity index is 549. The molecule has 0 atom stereocenters. The lowest BCUT2D eigenvalue weighted by atomic mass is 9.96. The molecule has 0 aliphatic heterocycles. The van der Waals surface area contributed by atoms with Gasteiger partial charge in [-0.2, -0.15) is 0 Å². The second kappa shape index (κ2) is 10.2. The Hall–Kier alpha value is -1.71. The highest BCUT2D eigenvalue weighted by Gasteiger charge is 2.19. The van der Waals surface area contributed by atoms with Crippen molar-refractivity contribution in [3.05, 3.63) is 22.3 Å². The van der Waals surface area contributed by atoms with Gasteiger partial charge in [0.2, 0.25) is 0 Å². The molecule has 1 aromatic carbocycles. The summed E-state index contributed by atoms with van der Waals surface area (Å²) in [4.78, 5) is 10.8. The van der Waals surface area contributed by atoms with Gasteiger partial charge >= 0.3 is 5.97 Å². The molecule has 4 heteroatoms. The molecule has 0 saturated carbocycles. The fraction of sp³-hybridized carbons (Fsp3) is 0.650. The van der Waals surface area contributed by atoms with Crippen molar-refractivity contribution in [1.29, 1.82) is 0 Å². The minimum absolute atomic E-state index is 0.318. The number of benzene rings is 1. The van der Waals surface area contributed by atoms with Crippen LogP contribution in [0.15, 0.2) is 0 Å². The van der Waals surface area contributed by atoms with Crippen molar-refractivity contribution in [2.45, 2.75) is 73.1 Å². The van der Waals surface area contributed by atoms with Gasteiger partial charge in [0.05, 0.1) is 6.61 Å². The van der Waals surface area contributed by atoms with Gasteiger partial charge < -0.3 is 14.6 Å². The van der Waals surface area contributed by atoms with E-state index in [2.05, 4.69) is 13.8 Å². The van der Waals surface area contributed by atoms with E-state index in [9.17, 15) is 4.79 Å². The summed E-state index contributed by atoms with van der Waals surface area (Å²) in [6, 6.07) is 0. The lowest BCUT2D eigenvalue weighted by Gasteiger charge is -2.21. The van der Waals surface area contributed by atoms with E-state index in [1.54, 1.807) is 0 Å². The molecule has 1 rings (SSSR count). The fourth-order valence-electron chi connectivity index (χ4n) is 3.01. The van der Waals surface area contributed by atoms with E-state index in [1.165, 1.54) is 25.7 Å². The maximum absolute atomic E-state index is 10.8. The number of carboxylic acid groups (broad SMARTS) is 1. The van der Waals surface area contributed by atoms with E-state index in [4.69, 9.17) is 14.6 Å². The highest BCUT2D eigenvalue weighted by atomic mass is 16.5. The minimum atomic E-state index is -0.961. The minimum Gasteiger partial charge on any atom is -0.493 e. The lowest BCUT2D eigenvalue weighted by Crippen LogP contribution is -2.13. The summed E-state index contributed by atoms with van der Waals surface area (Å²) in [6.45, 7) is 10.7. The zero-order valence-corrected chi connectivity index (χ0v) is 15.8. The molecule has 24 heavy (non-hydrogen) atoms. The van der Waals surface area contributed by atoms with Crippen LogP contribution in [0.1, 0.15) is 68.2 Å². The topological polar surface area (TPSA) is 55.8 Å². The fourth-order valence-corrected chi connectivity index (χ4v) is 3.01. The van der Waals surface area contributed by atoms with Crippen LogP contribution < -0.4 is 9.47 Å². The molecule has 0 fully saturated rings. The van der Waals surface area contributed by atoms with Crippen LogP contribution in [0, 0.1) is 20.8 Å². The number of carbonyl (C=O) groups is 1. The first-order valence-electron chi connectivity index (χ1n) is 9.03. The molecule has 4 nitrogen and oxygen atoms in total. The third-order valence-electron chi connectivity index (χ3n) is 4.50. The number of aliphatic carboxylic acids is 1. The van der Waals surface area contributed by atoms with Crippen LogP contribution in [0.25, 0.3) is 0 Å². The maximum Gasteiger partial charge on any atom is 0.341 e. The summed E-state index contributed by atoms with van der Waals surface area (Å²) in [5.41, 5.74) is 4.12. The van der Waals surface area contributed by atoms with E-state index in [0.717, 1.165) is 47.5 Å². The molecule has 0 amide bonds. The van der Waals surface area contributed by atoms with Crippen LogP contribution >= 0.6 is 0 Å². The third kappa shape index (κ3) is 5.43. The average Bonchev–Trinajstić information content (AvgIpc) is 2.54. The Balaban J connectivity index is 2.90. The number of unbranched alkanes of at least 4 members (excludes halogenated alkanes) is 4. The highest BCUT2D eigenvalue weighted by molar-refractivity contribution is 5.69. The summed E-state index contributed by atoms with van der Waals surface area (Å²) in [6.07, 6.45) is 6.90. The molecule has 0 bridgehead atoms. The lowest BCUT2D eigenvalue weighted by molar-refractivity contribution is -0.139. The van der Waals surface area contributed by atoms with Crippen LogP contribution in [-0.4, -0.2) is 24.3 Å². The van der Waals surface area contributed by atoms with E-state index in [0.29, 0.717) is 5.75 Å². The number of carboxylic acids is 1. The van der Waals surface area contributed by atoms with Gasteiger partial charge in [-0.25, -0.2) is 4.79 Å². The van der Waals surface area contributed by atoms with Crippen molar-refractivity contribution >= 4 is 5.97 Å². The molecule has 1 N–H and O–H groups in total. The van der Waals surface area contributed by atoms with Crippen LogP contribution in [0.2, 0.25) is 0 Å². The Morgan fingerprint density at radius 3 is 2.08 bits per heavy atom. The molecule has 136 valence electrons. The SMILES string of the molecule is CCCCCCCOc1c(C)c(C)c(OCC(=O)O)c(C)c1CC. The molecule has 0 aromatic heterocycles. The summed E-state index contributed by atoms with van der Waals surface area (Å²) >= 11 is 0. The van der Waals surface area contributed by atoms with Gasteiger partial charge in [-0.15, -0.1) is 0 Å². The van der Waals surface area contributed by atoms with E-state index < -0.39 is 5.97 Å². The molecular formula is C20H32O4. The summed E-state index contributed by atoms with van der Waals surface area (Å²) in [7, 11) is 0. The van der Waals surface area contributed by atoms with E-state index in [1.807, 2.05) is 20.8 Å². The molecule has 0 saturated heterocycles. The Morgan fingerprint density at radius 2 is 1.50 bits per heavy atom. The van der Waals surface area contributed by atoms with E-state index in [-0.39, 0.29) is 6.61 Å². The summed E-state index contributed by atoms with van der Waals surface area (Å²) < 4.78 is 11.6. The van der Waals surface area contributed by atoms with Gasteiger partial charge in [0.1, 0.15) is 11.5 Å². The standard InChI is InChI=1S/C20H32O4/c1-6-8-9-10-11-12-23-20-15(4)14(3)19(24-13-18(21)22)16(5)17(20)7-2/h6-13H2,1-5H3,(H,21,22). The van der Waals surface area contributed by atoms with Gasteiger partial charge in [-0.1, -0.05) is 39.5 Å². The van der Waals surface area contributed by atoms with E-state index >= 15 is 0 Å². The predicted octanol–water partition coefficient (Wildman–Crippen LogP) is 4.99. The predicted molar refractivity (Wildman–Crippen MR) is 97.4 cm³/mol. The summed E-state index contributed by atoms with van der Waals surface area (Å²) in [5, 5.41) is 8.86. The molecule has 0 radical (unpaired) electrons. The van der Waals surface area contributed by atoms with Gasteiger partial charge in [-0.05, 0) is 50.3 Å². The van der Waals surface area contributed by atoms with Crippen molar-refractivity contribution in [2.24, 2.45) is 0 Å². The maximum atomic E-state index is 10.8. The zero-order valence-electron chi connectivity index (χ0n) is 15.8. The summed E-state index contributed by atoms with van der Waals surface area (Å²) in [5.74, 6) is 0.671. The van der Waals surface area contributed by atoms with Gasteiger partial charge in [0.15, 0.2) is 6.61 Å². The molecule has 0 aliphatic rings. The van der Waals surface area contributed by atoms with Gasteiger partial charge in [-0.3, -0.25) is 0 Å². The number of hydrogen-bond donors (Lipinski definition) is 1. The molecule has 0 heterocycles. The Labute approximate surface area is 146 Å². The highest BCUT2D eigenvalue weighted by Crippen LogP contribution is 2.38. The van der Waals surface area contributed by atoms with Crippen molar-refractivity contribution < 1.29 is 19.4 Å². The van der Waals surface area contributed by atoms with Gasteiger partial charge in [0, 0.05) is 5.56 Å². The van der Waals surface area contributed by atoms with Gasteiger partial charge in [0.25, 0.3) is 0 Å². The van der Waals surface area contributed by atoms with Crippen LogP contribution in [0.5, 0.6) is 11.5 Å². The first kappa shape index (κ1) is 20.3. The van der Waals surface area contributed by atoms with Crippen molar-refractivity contribution in [1.82, 2.24) is 0 Å². The third-order valence-corrected chi connectivity index (χ3v) is 4.50.